The first-order valence-electron chi connectivity index (χ1n) is 5.38. The number of nitrogens with zero attached hydrogens (tertiary/aromatic N) is 3. The maximum Gasteiger partial charge on any atom is 0.137 e. The van der Waals surface area contributed by atoms with Crippen molar-refractivity contribution in [3.8, 4) is 0 Å². The van der Waals surface area contributed by atoms with E-state index in [1.165, 1.54) is 6.42 Å². The van der Waals surface area contributed by atoms with Gasteiger partial charge in [0.15, 0.2) is 0 Å². The molecule has 0 aliphatic carbocycles. The van der Waals surface area contributed by atoms with Crippen LogP contribution < -0.4 is 4.90 Å². The Bertz CT molecular complexity index is 372. The van der Waals surface area contributed by atoms with E-state index >= 15 is 0 Å². The molecule has 2 heterocycles. The van der Waals surface area contributed by atoms with Crippen LogP contribution in [0.15, 0.2) is 0 Å². The quantitative estimate of drug-likeness (QED) is 0.725. The third-order valence-electron chi connectivity index (χ3n) is 2.75. The Morgan fingerprint density at radius 3 is 2.40 bits per heavy atom. The monoisotopic (exact) mass is 225 g/mol. The summed E-state index contributed by atoms with van der Waals surface area (Å²) in [5, 5.41) is 0.593. The highest BCUT2D eigenvalue weighted by Crippen LogP contribution is 2.28. The van der Waals surface area contributed by atoms with E-state index in [4.69, 9.17) is 11.6 Å². The average molecular weight is 226 g/mol. The molecule has 1 aromatic heterocycles. The number of hydrogen-bond donors (Lipinski definition) is 0. The van der Waals surface area contributed by atoms with E-state index in [9.17, 15) is 0 Å². The summed E-state index contributed by atoms with van der Waals surface area (Å²) in [4.78, 5) is 11.1. The van der Waals surface area contributed by atoms with Gasteiger partial charge in [0, 0.05) is 24.6 Å². The molecule has 3 nitrogen and oxygen atoms in total. The summed E-state index contributed by atoms with van der Waals surface area (Å²) >= 11 is 6.11. The third kappa shape index (κ3) is 1.93. The van der Waals surface area contributed by atoms with Crippen molar-refractivity contribution in [2.45, 2.75) is 33.1 Å². The fourth-order valence-electron chi connectivity index (χ4n) is 1.59. The Morgan fingerprint density at radius 1 is 1.27 bits per heavy atom. The van der Waals surface area contributed by atoms with E-state index in [1.807, 2.05) is 6.92 Å². The first-order valence-corrected chi connectivity index (χ1v) is 5.76. The van der Waals surface area contributed by atoms with Gasteiger partial charge < -0.3 is 4.90 Å². The van der Waals surface area contributed by atoms with Gasteiger partial charge in [-0.25, -0.2) is 9.97 Å². The predicted molar refractivity (Wildman–Crippen MR) is 62.7 cm³/mol. The summed E-state index contributed by atoms with van der Waals surface area (Å²) in [5.74, 6) is 2.18. The SMILES string of the molecule is Cc1c(Cl)nc(C(C)C)nc1N1CCC1. The molecule has 1 aromatic rings. The van der Waals surface area contributed by atoms with Crippen LogP contribution in [-0.2, 0) is 0 Å². The molecule has 1 aliphatic rings. The number of halogens is 1. The van der Waals surface area contributed by atoms with Crippen LogP contribution in [0, 0.1) is 6.92 Å². The molecule has 0 radical (unpaired) electrons. The molecule has 0 amide bonds. The van der Waals surface area contributed by atoms with Crippen molar-refractivity contribution >= 4 is 17.4 Å². The van der Waals surface area contributed by atoms with Gasteiger partial charge in [0.1, 0.15) is 16.8 Å². The number of hydrogen-bond acceptors (Lipinski definition) is 3. The standard InChI is InChI=1S/C11H16ClN3/c1-7(2)10-13-9(12)8(3)11(14-10)15-5-4-6-15/h7H,4-6H2,1-3H3. The molecule has 0 spiro atoms. The molecule has 0 bridgehead atoms. The van der Waals surface area contributed by atoms with E-state index in [2.05, 4.69) is 28.7 Å². The minimum absolute atomic E-state index is 0.322. The molecule has 82 valence electrons. The normalized spacial score (nSPS) is 15.7. The highest BCUT2D eigenvalue weighted by Gasteiger charge is 2.21. The van der Waals surface area contributed by atoms with E-state index in [0.29, 0.717) is 11.1 Å². The van der Waals surface area contributed by atoms with Gasteiger partial charge in [0.05, 0.1) is 0 Å². The van der Waals surface area contributed by atoms with Crippen molar-refractivity contribution in [2.24, 2.45) is 0 Å². The maximum absolute atomic E-state index is 6.11. The molecule has 2 rings (SSSR count). The lowest BCUT2D eigenvalue weighted by Gasteiger charge is -2.33. The van der Waals surface area contributed by atoms with Gasteiger partial charge in [-0.2, -0.15) is 0 Å². The molecule has 1 saturated heterocycles. The van der Waals surface area contributed by atoms with Gasteiger partial charge in [0.25, 0.3) is 0 Å². The van der Waals surface area contributed by atoms with Crippen LogP contribution in [0.4, 0.5) is 5.82 Å². The number of rotatable bonds is 2. The molecule has 0 N–H and O–H groups in total. The Labute approximate surface area is 95.5 Å². The van der Waals surface area contributed by atoms with Crippen molar-refractivity contribution in [2.75, 3.05) is 18.0 Å². The van der Waals surface area contributed by atoms with Crippen molar-refractivity contribution < 1.29 is 0 Å². The van der Waals surface area contributed by atoms with E-state index < -0.39 is 0 Å². The summed E-state index contributed by atoms with van der Waals surface area (Å²) < 4.78 is 0. The Balaban J connectivity index is 2.42. The molecule has 1 fully saturated rings. The summed E-state index contributed by atoms with van der Waals surface area (Å²) in [6.07, 6.45) is 1.25. The topological polar surface area (TPSA) is 29.0 Å². The fourth-order valence-corrected chi connectivity index (χ4v) is 1.76. The van der Waals surface area contributed by atoms with E-state index in [-0.39, 0.29) is 0 Å². The van der Waals surface area contributed by atoms with Crippen molar-refractivity contribution in [1.82, 2.24) is 9.97 Å². The minimum Gasteiger partial charge on any atom is -0.356 e. The highest BCUT2D eigenvalue weighted by atomic mass is 35.5. The zero-order chi connectivity index (χ0) is 11.0. The van der Waals surface area contributed by atoms with Crippen LogP contribution in [0.3, 0.4) is 0 Å². The van der Waals surface area contributed by atoms with Crippen LogP contribution >= 0.6 is 11.6 Å². The zero-order valence-electron chi connectivity index (χ0n) is 9.42. The minimum atomic E-state index is 0.322. The third-order valence-corrected chi connectivity index (χ3v) is 3.12. The molecular weight excluding hydrogens is 210 g/mol. The van der Waals surface area contributed by atoms with Crippen molar-refractivity contribution in [3.63, 3.8) is 0 Å². The average Bonchev–Trinajstić information content (AvgIpc) is 2.09. The van der Waals surface area contributed by atoms with Crippen LogP contribution in [0.25, 0.3) is 0 Å². The number of anilines is 1. The number of aromatic nitrogens is 2. The molecular formula is C11H16ClN3. The molecule has 1 aliphatic heterocycles. The van der Waals surface area contributed by atoms with Gasteiger partial charge >= 0.3 is 0 Å². The lowest BCUT2D eigenvalue weighted by molar-refractivity contribution is 0.602. The fraction of sp³-hybridized carbons (Fsp3) is 0.636. The summed E-state index contributed by atoms with van der Waals surface area (Å²) in [6.45, 7) is 8.33. The lowest BCUT2D eigenvalue weighted by atomic mass is 10.1. The van der Waals surface area contributed by atoms with Gasteiger partial charge in [-0.05, 0) is 13.3 Å². The van der Waals surface area contributed by atoms with Crippen molar-refractivity contribution in [1.29, 1.82) is 0 Å². The van der Waals surface area contributed by atoms with Crippen LogP contribution in [0.2, 0.25) is 5.15 Å². The first kappa shape index (κ1) is 10.7. The second kappa shape index (κ2) is 3.97. The summed E-state index contributed by atoms with van der Waals surface area (Å²) in [7, 11) is 0. The highest BCUT2D eigenvalue weighted by molar-refractivity contribution is 6.30. The first-order chi connectivity index (χ1) is 7.09. The molecule has 4 heteroatoms. The molecule has 0 atom stereocenters. The molecule has 0 aromatic carbocycles. The second-order valence-corrected chi connectivity index (χ2v) is 4.67. The molecule has 0 saturated carbocycles. The van der Waals surface area contributed by atoms with Gasteiger partial charge in [-0.15, -0.1) is 0 Å². The van der Waals surface area contributed by atoms with Crippen molar-refractivity contribution in [3.05, 3.63) is 16.5 Å². The maximum atomic E-state index is 6.11. The van der Waals surface area contributed by atoms with E-state index in [0.717, 1.165) is 30.3 Å². The largest absolute Gasteiger partial charge is 0.356 e. The van der Waals surface area contributed by atoms with Crippen LogP contribution in [0.1, 0.15) is 37.6 Å². The molecule has 0 unspecified atom stereocenters. The summed E-state index contributed by atoms with van der Waals surface area (Å²) in [6, 6.07) is 0. The van der Waals surface area contributed by atoms with Crippen LogP contribution in [0.5, 0.6) is 0 Å². The predicted octanol–water partition coefficient (Wildman–Crippen LogP) is 2.77. The van der Waals surface area contributed by atoms with Gasteiger partial charge in [-0.1, -0.05) is 25.4 Å². The van der Waals surface area contributed by atoms with Gasteiger partial charge in [-0.3, -0.25) is 0 Å². The zero-order valence-corrected chi connectivity index (χ0v) is 10.2. The Morgan fingerprint density at radius 2 is 1.93 bits per heavy atom. The van der Waals surface area contributed by atoms with Gasteiger partial charge in [0.2, 0.25) is 0 Å². The Hall–Kier alpha value is -0.830. The lowest BCUT2D eigenvalue weighted by Crippen LogP contribution is -2.38. The van der Waals surface area contributed by atoms with Crippen LogP contribution in [-0.4, -0.2) is 23.1 Å². The Kier molecular flexibility index (Phi) is 2.83. The summed E-state index contributed by atoms with van der Waals surface area (Å²) in [5.41, 5.74) is 1.00. The molecule has 15 heavy (non-hydrogen) atoms. The van der Waals surface area contributed by atoms with E-state index in [1.54, 1.807) is 0 Å². The smallest absolute Gasteiger partial charge is 0.137 e. The second-order valence-electron chi connectivity index (χ2n) is 4.32.